The second-order valence-corrected chi connectivity index (χ2v) is 7.96. The van der Waals surface area contributed by atoms with Crippen LogP contribution in [0.15, 0.2) is 65.1 Å². The summed E-state index contributed by atoms with van der Waals surface area (Å²) in [5.41, 5.74) is 3.43. The molecule has 0 fully saturated rings. The van der Waals surface area contributed by atoms with E-state index in [9.17, 15) is 9.59 Å². The van der Waals surface area contributed by atoms with Crippen LogP contribution >= 0.6 is 23.1 Å². The van der Waals surface area contributed by atoms with Crippen molar-refractivity contribution in [3.63, 3.8) is 0 Å². The fourth-order valence-corrected chi connectivity index (χ4v) is 4.41. The van der Waals surface area contributed by atoms with Crippen LogP contribution in [0, 0.1) is 0 Å². The summed E-state index contributed by atoms with van der Waals surface area (Å²) in [6, 6.07) is 17.0. The molecule has 0 bridgehead atoms. The molecule has 0 aliphatic carbocycles. The molecule has 29 heavy (non-hydrogen) atoms. The van der Waals surface area contributed by atoms with E-state index in [4.69, 9.17) is 0 Å². The zero-order chi connectivity index (χ0) is 20.2. The number of rotatable bonds is 6. The van der Waals surface area contributed by atoms with Crippen molar-refractivity contribution >= 4 is 51.2 Å². The van der Waals surface area contributed by atoms with Crippen LogP contribution in [0.1, 0.15) is 6.92 Å². The number of thiazole rings is 1. The monoisotopic (exact) mass is 423 g/mol. The third-order valence-corrected chi connectivity index (χ3v) is 5.76. The van der Waals surface area contributed by atoms with Gasteiger partial charge in [-0.25, -0.2) is 0 Å². The largest absolute Gasteiger partial charge is 0.326 e. The zero-order valence-corrected chi connectivity index (χ0v) is 17.1. The highest BCUT2D eigenvalue weighted by Crippen LogP contribution is 2.29. The topological polar surface area (TPSA) is 88.4 Å². The molecule has 2 amide bonds. The first-order chi connectivity index (χ1) is 14.1. The Balaban J connectivity index is 1.43. The maximum Gasteiger partial charge on any atom is 0.234 e. The van der Waals surface area contributed by atoms with Gasteiger partial charge < -0.3 is 10.6 Å². The Morgan fingerprint density at radius 2 is 1.69 bits per heavy atom. The molecule has 9 heteroatoms. The number of carbonyl (C=O) groups is 2. The van der Waals surface area contributed by atoms with Gasteiger partial charge in [0.1, 0.15) is 0 Å². The van der Waals surface area contributed by atoms with Gasteiger partial charge in [0.2, 0.25) is 16.8 Å². The zero-order valence-electron chi connectivity index (χ0n) is 15.5. The molecule has 0 atom stereocenters. The Hall–Kier alpha value is -3.17. The second kappa shape index (κ2) is 8.46. The van der Waals surface area contributed by atoms with Gasteiger partial charge in [-0.05, 0) is 29.8 Å². The van der Waals surface area contributed by atoms with Crippen molar-refractivity contribution in [1.29, 1.82) is 0 Å². The molecule has 4 aromatic rings. The SMILES string of the molecule is CC(=O)Nc1ccc(NC(=O)CSc2nnc3scc(-c4ccccc4)n23)cc1. The van der Waals surface area contributed by atoms with E-state index >= 15 is 0 Å². The van der Waals surface area contributed by atoms with Crippen LogP contribution in [0.5, 0.6) is 0 Å². The van der Waals surface area contributed by atoms with Gasteiger partial charge in [0.05, 0.1) is 11.4 Å². The number of benzene rings is 2. The Kier molecular flexibility index (Phi) is 5.59. The Morgan fingerprint density at radius 3 is 2.38 bits per heavy atom. The molecule has 2 heterocycles. The summed E-state index contributed by atoms with van der Waals surface area (Å²) >= 11 is 2.85. The number of hydrogen-bond donors (Lipinski definition) is 2. The van der Waals surface area contributed by atoms with Gasteiger partial charge in [-0.1, -0.05) is 42.1 Å². The molecule has 0 unspecified atom stereocenters. The predicted octanol–water partition coefficient (Wildman–Crippen LogP) is 4.15. The molecule has 2 aromatic carbocycles. The minimum atomic E-state index is -0.143. The van der Waals surface area contributed by atoms with Gasteiger partial charge in [-0.3, -0.25) is 14.0 Å². The quantitative estimate of drug-likeness (QED) is 0.455. The summed E-state index contributed by atoms with van der Waals surface area (Å²) in [6.45, 7) is 1.45. The van der Waals surface area contributed by atoms with Crippen LogP contribution in [0.25, 0.3) is 16.2 Å². The lowest BCUT2D eigenvalue weighted by Gasteiger charge is -2.07. The van der Waals surface area contributed by atoms with Crippen molar-refractivity contribution < 1.29 is 9.59 Å². The van der Waals surface area contributed by atoms with E-state index in [0.29, 0.717) is 16.5 Å². The van der Waals surface area contributed by atoms with E-state index < -0.39 is 0 Å². The number of nitrogens with zero attached hydrogens (tertiary/aromatic N) is 3. The van der Waals surface area contributed by atoms with Crippen LogP contribution in [0.3, 0.4) is 0 Å². The first kappa shape index (κ1) is 19.2. The van der Waals surface area contributed by atoms with Gasteiger partial charge in [0, 0.05) is 23.7 Å². The Bertz CT molecular complexity index is 1150. The summed E-state index contributed by atoms with van der Waals surface area (Å²) in [6.07, 6.45) is 0. The molecular weight excluding hydrogens is 406 g/mol. The fourth-order valence-electron chi connectivity index (χ4n) is 2.77. The molecule has 0 aliphatic heterocycles. The lowest BCUT2D eigenvalue weighted by molar-refractivity contribution is -0.114. The van der Waals surface area contributed by atoms with E-state index in [0.717, 1.165) is 16.2 Å². The molecule has 0 saturated heterocycles. The smallest absolute Gasteiger partial charge is 0.234 e. The van der Waals surface area contributed by atoms with Crippen molar-refractivity contribution in [2.75, 3.05) is 16.4 Å². The lowest BCUT2D eigenvalue weighted by atomic mass is 10.2. The normalized spacial score (nSPS) is 10.8. The van der Waals surface area contributed by atoms with Crippen LogP contribution in [0.4, 0.5) is 11.4 Å². The summed E-state index contributed by atoms with van der Waals surface area (Å²) in [7, 11) is 0. The summed E-state index contributed by atoms with van der Waals surface area (Å²) in [4.78, 5) is 24.2. The molecule has 0 spiro atoms. The third kappa shape index (κ3) is 4.47. The van der Waals surface area contributed by atoms with E-state index in [1.807, 2.05) is 40.1 Å². The molecule has 2 aromatic heterocycles. The Labute approximate surface area is 175 Å². The fraction of sp³-hybridized carbons (Fsp3) is 0.100. The average Bonchev–Trinajstić information content (AvgIpc) is 3.31. The number of carbonyl (C=O) groups excluding carboxylic acids is 2. The summed E-state index contributed by atoms with van der Waals surface area (Å²) < 4.78 is 1.97. The van der Waals surface area contributed by atoms with Gasteiger partial charge in [-0.2, -0.15) is 0 Å². The molecule has 0 radical (unpaired) electrons. The minimum absolute atomic E-state index is 0.138. The number of fused-ring (bicyclic) bond motifs is 1. The van der Waals surface area contributed by atoms with Crippen LogP contribution in [-0.2, 0) is 9.59 Å². The first-order valence-corrected chi connectivity index (χ1v) is 10.6. The maximum atomic E-state index is 12.3. The molecule has 0 saturated carbocycles. The first-order valence-electron chi connectivity index (χ1n) is 8.78. The van der Waals surface area contributed by atoms with Gasteiger partial charge in [0.15, 0.2) is 5.16 Å². The van der Waals surface area contributed by atoms with Crippen molar-refractivity contribution in [3.8, 4) is 11.3 Å². The maximum absolute atomic E-state index is 12.3. The van der Waals surface area contributed by atoms with Gasteiger partial charge in [-0.15, -0.1) is 21.5 Å². The number of nitrogens with one attached hydrogen (secondary N) is 2. The summed E-state index contributed by atoms with van der Waals surface area (Å²) in [5.74, 6) is -0.0742. The number of hydrogen-bond acceptors (Lipinski definition) is 6. The van der Waals surface area contributed by atoms with E-state index in [1.54, 1.807) is 24.3 Å². The van der Waals surface area contributed by atoms with Crippen molar-refractivity contribution in [2.24, 2.45) is 0 Å². The standard InChI is InChI=1S/C20H17N5O2S2/c1-13(26)21-15-7-9-16(10-8-15)22-18(27)12-29-20-24-23-19-25(20)17(11-28-19)14-5-3-2-4-6-14/h2-11H,12H2,1H3,(H,21,26)(H,22,27). The number of anilines is 2. The second-order valence-electron chi connectivity index (χ2n) is 6.18. The minimum Gasteiger partial charge on any atom is -0.326 e. The lowest BCUT2D eigenvalue weighted by Crippen LogP contribution is -2.14. The number of amides is 2. The predicted molar refractivity (Wildman–Crippen MR) is 116 cm³/mol. The van der Waals surface area contributed by atoms with E-state index in [1.165, 1.54) is 30.0 Å². The summed E-state index contributed by atoms with van der Waals surface area (Å²) in [5, 5.41) is 16.7. The molecular formula is C20H17N5O2S2. The van der Waals surface area contributed by atoms with Crippen LogP contribution < -0.4 is 10.6 Å². The highest BCUT2D eigenvalue weighted by atomic mass is 32.2. The third-order valence-electron chi connectivity index (χ3n) is 4.01. The van der Waals surface area contributed by atoms with Crippen molar-refractivity contribution in [2.45, 2.75) is 12.1 Å². The van der Waals surface area contributed by atoms with E-state index in [2.05, 4.69) is 20.8 Å². The Morgan fingerprint density at radius 1 is 1.00 bits per heavy atom. The molecule has 146 valence electrons. The number of aromatic nitrogens is 3. The van der Waals surface area contributed by atoms with Crippen LogP contribution in [0.2, 0.25) is 0 Å². The van der Waals surface area contributed by atoms with Crippen molar-refractivity contribution in [3.05, 3.63) is 60.0 Å². The number of thioether (sulfide) groups is 1. The van der Waals surface area contributed by atoms with E-state index in [-0.39, 0.29) is 17.6 Å². The van der Waals surface area contributed by atoms with Crippen LogP contribution in [-0.4, -0.2) is 32.2 Å². The van der Waals surface area contributed by atoms with Gasteiger partial charge in [0.25, 0.3) is 0 Å². The highest BCUT2D eigenvalue weighted by molar-refractivity contribution is 7.99. The molecule has 2 N–H and O–H groups in total. The van der Waals surface area contributed by atoms with Gasteiger partial charge >= 0.3 is 0 Å². The molecule has 7 nitrogen and oxygen atoms in total. The van der Waals surface area contributed by atoms with Crippen molar-refractivity contribution in [1.82, 2.24) is 14.6 Å². The molecule has 0 aliphatic rings. The molecule has 4 rings (SSSR count). The average molecular weight is 424 g/mol. The highest BCUT2D eigenvalue weighted by Gasteiger charge is 2.15.